The molecule has 0 unspecified atom stereocenters. The lowest BCUT2D eigenvalue weighted by Gasteiger charge is -2.14. The van der Waals surface area contributed by atoms with E-state index in [1.54, 1.807) is 24.3 Å². The number of hydrogen-bond acceptors (Lipinski definition) is 4. The number of carbonyl (C=O) groups excluding carboxylic acids is 1. The van der Waals surface area contributed by atoms with E-state index in [1.165, 1.54) is 24.3 Å². The number of hydrogen-bond donors (Lipinski definition) is 1. The van der Waals surface area contributed by atoms with Crippen LogP contribution in [0.3, 0.4) is 0 Å². The van der Waals surface area contributed by atoms with Gasteiger partial charge < -0.3 is 5.32 Å². The molecule has 32 heavy (non-hydrogen) atoms. The number of aryl methyl sites for hydroxylation is 2. The zero-order valence-electron chi connectivity index (χ0n) is 17.1. The molecule has 1 N–H and O–H groups in total. The van der Waals surface area contributed by atoms with Crippen molar-refractivity contribution in [3.8, 4) is 11.3 Å². The molecular formula is C24H17Cl2N3O3. The van der Waals surface area contributed by atoms with E-state index in [1.807, 2.05) is 26.0 Å². The van der Waals surface area contributed by atoms with Gasteiger partial charge in [-0.05, 0) is 61.9 Å². The number of nitro groups is 1. The van der Waals surface area contributed by atoms with E-state index in [2.05, 4.69) is 5.32 Å². The predicted octanol–water partition coefficient (Wildman–Crippen LogP) is 6.99. The fraction of sp³-hybridized carbons (Fsp3) is 0.0833. The number of halogens is 2. The first-order chi connectivity index (χ1) is 15.2. The zero-order valence-corrected chi connectivity index (χ0v) is 18.7. The van der Waals surface area contributed by atoms with Gasteiger partial charge in [-0.3, -0.25) is 14.9 Å². The lowest BCUT2D eigenvalue weighted by molar-refractivity contribution is -0.384. The summed E-state index contributed by atoms with van der Waals surface area (Å²) in [6.07, 6.45) is 0. The largest absolute Gasteiger partial charge is 0.322 e. The fourth-order valence-electron chi connectivity index (χ4n) is 3.57. The highest BCUT2D eigenvalue weighted by Gasteiger charge is 2.18. The number of benzene rings is 3. The highest BCUT2D eigenvalue weighted by atomic mass is 35.5. The number of amides is 1. The van der Waals surface area contributed by atoms with Gasteiger partial charge >= 0.3 is 0 Å². The maximum atomic E-state index is 13.3. The maximum Gasteiger partial charge on any atom is 0.269 e. The van der Waals surface area contributed by atoms with Crippen LogP contribution < -0.4 is 5.32 Å². The van der Waals surface area contributed by atoms with E-state index < -0.39 is 4.92 Å². The Labute approximate surface area is 194 Å². The Morgan fingerprint density at radius 3 is 2.38 bits per heavy atom. The quantitative estimate of drug-likeness (QED) is 0.260. The lowest BCUT2D eigenvalue weighted by atomic mass is 9.99. The van der Waals surface area contributed by atoms with E-state index in [-0.39, 0.29) is 11.6 Å². The molecule has 6 nitrogen and oxygen atoms in total. The molecule has 8 heteroatoms. The van der Waals surface area contributed by atoms with Crippen LogP contribution in [0.25, 0.3) is 22.2 Å². The summed E-state index contributed by atoms with van der Waals surface area (Å²) in [5.74, 6) is -0.359. The number of nitro benzene ring substituents is 1. The van der Waals surface area contributed by atoms with Crippen LogP contribution in [-0.4, -0.2) is 15.8 Å². The van der Waals surface area contributed by atoms with Gasteiger partial charge in [0, 0.05) is 33.8 Å². The molecular weight excluding hydrogens is 449 g/mol. The molecule has 0 atom stereocenters. The standard InChI is InChI=1S/C24H17Cl2N3O3/c1-13-9-14(2)23-19(10-13)20(12-22(28-23)18-8-3-15(25)11-21(18)26)24(30)27-16-4-6-17(7-5-16)29(31)32/h3-12H,1-2H3,(H,27,30). The second-order valence-corrected chi connectivity index (χ2v) is 8.26. The zero-order chi connectivity index (χ0) is 23.0. The van der Waals surface area contributed by atoms with Crippen molar-refractivity contribution < 1.29 is 9.72 Å². The summed E-state index contributed by atoms with van der Waals surface area (Å²) in [6, 6.07) is 16.4. The molecule has 1 aromatic heterocycles. The number of anilines is 1. The number of nitrogens with zero attached hydrogens (tertiary/aromatic N) is 2. The molecule has 4 rings (SSSR count). The SMILES string of the molecule is Cc1cc(C)c2nc(-c3ccc(Cl)cc3Cl)cc(C(=O)Nc3ccc([N+](=O)[O-])cc3)c2c1. The van der Waals surface area contributed by atoms with Crippen LogP contribution in [0.4, 0.5) is 11.4 Å². The minimum atomic E-state index is -0.490. The minimum Gasteiger partial charge on any atom is -0.322 e. The summed E-state index contributed by atoms with van der Waals surface area (Å²) in [6.45, 7) is 3.89. The normalized spacial score (nSPS) is 10.9. The van der Waals surface area contributed by atoms with E-state index in [4.69, 9.17) is 28.2 Å². The van der Waals surface area contributed by atoms with Gasteiger partial charge in [0.15, 0.2) is 0 Å². The van der Waals surface area contributed by atoms with Crippen molar-refractivity contribution in [3.63, 3.8) is 0 Å². The molecule has 0 aliphatic carbocycles. The minimum absolute atomic E-state index is 0.0525. The van der Waals surface area contributed by atoms with Gasteiger partial charge in [-0.1, -0.05) is 34.8 Å². The highest BCUT2D eigenvalue weighted by molar-refractivity contribution is 6.36. The Bertz CT molecular complexity index is 1390. The summed E-state index contributed by atoms with van der Waals surface area (Å²) in [4.78, 5) is 28.4. The molecule has 0 bridgehead atoms. The molecule has 0 saturated carbocycles. The summed E-state index contributed by atoms with van der Waals surface area (Å²) >= 11 is 12.4. The van der Waals surface area contributed by atoms with Crippen molar-refractivity contribution in [2.45, 2.75) is 13.8 Å². The topological polar surface area (TPSA) is 85.1 Å². The van der Waals surface area contributed by atoms with Gasteiger partial charge in [-0.25, -0.2) is 4.98 Å². The Balaban J connectivity index is 1.84. The van der Waals surface area contributed by atoms with Crippen LogP contribution in [0.1, 0.15) is 21.5 Å². The molecule has 1 heterocycles. The van der Waals surface area contributed by atoms with Gasteiger partial charge in [0.2, 0.25) is 0 Å². The highest BCUT2D eigenvalue weighted by Crippen LogP contribution is 2.33. The number of fused-ring (bicyclic) bond motifs is 1. The van der Waals surface area contributed by atoms with Crippen molar-refractivity contribution in [2.24, 2.45) is 0 Å². The van der Waals surface area contributed by atoms with E-state index in [0.29, 0.717) is 43.5 Å². The van der Waals surface area contributed by atoms with E-state index in [9.17, 15) is 14.9 Å². The summed E-state index contributed by atoms with van der Waals surface area (Å²) < 4.78 is 0. The number of nitrogens with one attached hydrogen (secondary N) is 1. The third kappa shape index (κ3) is 4.28. The Kier molecular flexibility index (Phi) is 5.82. The average molecular weight is 466 g/mol. The molecule has 0 aliphatic rings. The van der Waals surface area contributed by atoms with Crippen LogP contribution in [0.5, 0.6) is 0 Å². The number of aromatic nitrogens is 1. The molecule has 0 saturated heterocycles. The van der Waals surface area contributed by atoms with Crippen molar-refractivity contribution >= 4 is 51.4 Å². The third-order valence-corrected chi connectivity index (χ3v) is 5.58. The van der Waals surface area contributed by atoms with E-state index >= 15 is 0 Å². The third-order valence-electron chi connectivity index (χ3n) is 5.04. The Morgan fingerprint density at radius 2 is 1.72 bits per heavy atom. The van der Waals surface area contributed by atoms with Crippen LogP contribution in [0.2, 0.25) is 10.0 Å². The summed E-state index contributed by atoms with van der Waals surface area (Å²) in [5, 5.41) is 15.3. The number of non-ortho nitro benzene ring substituents is 1. The van der Waals surface area contributed by atoms with Crippen molar-refractivity contribution in [1.29, 1.82) is 0 Å². The number of rotatable bonds is 4. The fourth-order valence-corrected chi connectivity index (χ4v) is 4.07. The van der Waals surface area contributed by atoms with Crippen LogP contribution in [-0.2, 0) is 0 Å². The summed E-state index contributed by atoms with van der Waals surface area (Å²) in [5.41, 5.74) is 4.62. The first kappa shape index (κ1) is 21.7. The molecule has 0 aliphatic heterocycles. The molecule has 0 spiro atoms. The molecule has 1 amide bonds. The van der Waals surface area contributed by atoms with Crippen LogP contribution in [0.15, 0.2) is 60.7 Å². The average Bonchev–Trinajstić information content (AvgIpc) is 2.73. The first-order valence-corrected chi connectivity index (χ1v) is 10.4. The molecule has 3 aromatic carbocycles. The Hall–Kier alpha value is -3.48. The lowest BCUT2D eigenvalue weighted by Crippen LogP contribution is -2.13. The van der Waals surface area contributed by atoms with Crippen LogP contribution >= 0.6 is 23.2 Å². The smallest absolute Gasteiger partial charge is 0.269 e. The second kappa shape index (κ2) is 8.57. The monoisotopic (exact) mass is 465 g/mol. The number of pyridine rings is 1. The van der Waals surface area contributed by atoms with Gasteiger partial charge in [-0.2, -0.15) is 0 Å². The maximum absolute atomic E-state index is 13.3. The number of carbonyl (C=O) groups is 1. The van der Waals surface area contributed by atoms with E-state index in [0.717, 1.165) is 11.1 Å². The molecule has 160 valence electrons. The Morgan fingerprint density at radius 1 is 1.00 bits per heavy atom. The predicted molar refractivity (Wildman–Crippen MR) is 128 cm³/mol. The summed E-state index contributed by atoms with van der Waals surface area (Å²) in [7, 11) is 0. The van der Waals surface area contributed by atoms with Gasteiger partial charge in [0.1, 0.15) is 0 Å². The van der Waals surface area contributed by atoms with Gasteiger partial charge in [-0.15, -0.1) is 0 Å². The molecule has 0 radical (unpaired) electrons. The van der Waals surface area contributed by atoms with Gasteiger partial charge in [0.05, 0.1) is 26.7 Å². The van der Waals surface area contributed by atoms with Crippen molar-refractivity contribution in [3.05, 3.63) is 97.5 Å². The molecule has 0 fully saturated rings. The van der Waals surface area contributed by atoms with Gasteiger partial charge in [0.25, 0.3) is 11.6 Å². The second-order valence-electron chi connectivity index (χ2n) is 7.42. The first-order valence-electron chi connectivity index (χ1n) is 9.66. The van der Waals surface area contributed by atoms with Crippen LogP contribution in [0, 0.1) is 24.0 Å². The van der Waals surface area contributed by atoms with Crippen molar-refractivity contribution in [1.82, 2.24) is 4.98 Å². The molecule has 4 aromatic rings. The van der Waals surface area contributed by atoms with Crippen molar-refractivity contribution in [2.75, 3.05) is 5.32 Å².